The fourth-order valence-corrected chi connectivity index (χ4v) is 2.48. The van der Waals surface area contributed by atoms with E-state index < -0.39 is 0 Å². The molecule has 114 valence electrons. The lowest BCUT2D eigenvalue weighted by atomic mass is 10.1. The van der Waals surface area contributed by atoms with Crippen molar-refractivity contribution in [3.63, 3.8) is 0 Å². The topological polar surface area (TPSA) is 52.2 Å². The lowest BCUT2D eigenvalue weighted by molar-refractivity contribution is 0.598. The van der Waals surface area contributed by atoms with E-state index in [0.717, 1.165) is 17.1 Å². The summed E-state index contributed by atoms with van der Waals surface area (Å²) in [6.07, 6.45) is 0. The zero-order chi connectivity index (χ0) is 15.9. The highest BCUT2D eigenvalue weighted by molar-refractivity contribution is 5.30. The molecule has 1 aromatic carbocycles. The lowest BCUT2D eigenvalue weighted by Crippen LogP contribution is -2.23. The van der Waals surface area contributed by atoms with Gasteiger partial charge in [0.1, 0.15) is 5.82 Å². The van der Waals surface area contributed by atoms with Crippen molar-refractivity contribution in [3.05, 3.63) is 63.3 Å². The van der Waals surface area contributed by atoms with Gasteiger partial charge in [-0.05, 0) is 25.3 Å². The zero-order valence-electron chi connectivity index (χ0n) is 13.4. The highest BCUT2D eigenvalue weighted by Gasteiger charge is 2.13. The molecule has 0 saturated heterocycles. The lowest BCUT2D eigenvalue weighted by Gasteiger charge is -2.09. The molecule has 0 aliphatic carbocycles. The van der Waals surface area contributed by atoms with E-state index in [9.17, 15) is 4.79 Å². The summed E-state index contributed by atoms with van der Waals surface area (Å²) in [4.78, 5) is 21.4. The maximum absolute atomic E-state index is 12.4. The average Bonchev–Trinajstić information content (AvgIpc) is 2.78. The highest BCUT2D eigenvalue weighted by Crippen LogP contribution is 2.12. The number of nitrogens with zero attached hydrogens (tertiary/aromatic N) is 4. The van der Waals surface area contributed by atoms with E-state index >= 15 is 0 Å². The number of benzene rings is 1. The molecule has 0 radical (unpaired) electrons. The monoisotopic (exact) mass is 296 g/mol. The van der Waals surface area contributed by atoms with Gasteiger partial charge >= 0.3 is 0 Å². The first-order valence-electron chi connectivity index (χ1n) is 7.48. The maximum atomic E-state index is 12.4. The largest absolute Gasteiger partial charge is 0.274 e. The van der Waals surface area contributed by atoms with Gasteiger partial charge in [-0.15, -0.1) is 0 Å². The highest BCUT2D eigenvalue weighted by atomic mass is 16.1. The molecular weight excluding hydrogens is 276 g/mol. The van der Waals surface area contributed by atoms with Crippen molar-refractivity contribution in [2.45, 2.75) is 40.2 Å². The summed E-state index contributed by atoms with van der Waals surface area (Å²) in [6.45, 7) is 8.61. The molecule has 5 heteroatoms. The first-order chi connectivity index (χ1) is 10.5. The summed E-state index contributed by atoms with van der Waals surface area (Å²) in [6, 6.07) is 9.89. The number of fused-ring (bicyclic) bond motifs is 1. The van der Waals surface area contributed by atoms with Gasteiger partial charge in [0.25, 0.3) is 11.3 Å². The van der Waals surface area contributed by atoms with Crippen molar-refractivity contribution in [2.75, 3.05) is 0 Å². The number of hydrogen-bond donors (Lipinski definition) is 0. The predicted octanol–water partition coefficient (Wildman–Crippen LogP) is 2.68. The molecule has 0 spiro atoms. The van der Waals surface area contributed by atoms with Crippen LogP contribution in [-0.2, 0) is 6.54 Å². The molecule has 0 atom stereocenters. The Labute approximate surface area is 129 Å². The van der Waals surface area contributed by atoms with Crippen molar-refractivity contribution < 1.29 is 0 Å². The summed E-state index contributed by atoms with van der Waals surface area (Å²) in [5.41, 5.74) is 3.05. The van der Waals surface area contributed by atoms with Crippen LogP contribution < -0.4 is 5.56 Å². The van der Waals surface area contributed by atoms with Crippen molar-refractivity contribution >= 4 is 5.78 Å². The minimum Gasteiger partial charge on any atom is -0.267 e. The summed E-state index contributed by atoms with van der Waals surface area (Å²) < 4.78 is 3.43. The molecule has 22 heavy (non-hydrogen) atoms. The Hall–Kier alpha value is -2.43. The molecule has 0 aliphatic rings. The van der Waals surface area contributed by atoms with Crippen LogP contribution in [0.25, 0.3) is 5.78 Å². The Morgan fingerprint density at radius 1 is 1.09 bits per heavy atom. The second-order valence-corrected chi connectivity index (χ2v) is 5.99. The van der Waals surface area contributed by atoms with Gasteiger partial charge in [-0.25, -0.2) is 4.98 Å². The molecule has 2 aromatic heterocycles. The van der Waals surface area contributed by atoms with Crippen molar-refractivity contribution in [2.24, 2.45) is 0 Å². The van der Waals surface area contributed by atoms with E-state index in [1.807, 2.05) is 25.5 Å². The van der Waals surface area contributed by atoms with Crippen LogP contribution in [0.4, 0.5) is 0 Å². The van der Waals surface area contributed by atoms with E-state index in [0.29, 0.717) is 12.3 Å². The Balaban J connectivity index is 2.12. The molecule has 3 rings (SSSR count). The van der Waals surface area contributed by atoms with E-state index in [1.54, 1.807) is 10.6 Å². The van der Waals surface area contributed by atoms with Gasteiger partial charge in [-0.2, -0.15) is 9.50 Å². The van der Waals surface area contributed by atoms with Crippen LogP contribution in [0.2, 0.25) is 0 Å². The molecule has 0 fully saturated rings. The van der Waals surface area contributed by atoms with Crippen molar-refractivity contribution in [1.29, 1.82) is 0 Å². The molecule has 0 unspecified atom stereocenters. The Morgan fingerprint density at radius 3 is 2.41 bits per heavy atom. The third kappa shape index (κ3) is 2.54. The first-order valence-corrected chi connectivity index (χ1v) is 7.48. The predicted molar refractivity (Wildman–Crippen MR) is 86.4 cm³/mol. The standard InChI is InChI=1S/C17H20N4O/c1-11(2)15-9-16(22)21-17(19-15)18-13(4)20(21)10-14-7-5-12(3)6-8-14/h5-9,11H,10H2,1-4H3. The molecule has 2 heterocycles. The van der Waals surface area contributed by atoms with Gasteiger partial charge in [0, 0.05) is 6.07 Å². The Bertz CT molecular complexity index is 872. The quantitative estimate of drug-likeness (QED) is 0.746. The molecule has 0 amide bonds. The third-order valence-corrected chi connectivity index (χ3v) is 3.82. The van der Waals surface area contributed by atoms with Crippen molar-refractivity contribution in [3.8, 4) is 0 Å². The summed E-state index contributed by atoms with van der Waals surface area (Å²) >= 11 is 0. The fraction of sp³-hybridized carbons (Fsp3) is 0.353. The molecular formula is C17H20N4O. The van der Waals surface area contributed by atoms with Crippen LogP contribution in [0.3, 0.4) is 0 Å². The minimum atomic E-state index is -0.0820. The van der Waals surface area contributed by atoms with Crippen LogP contribution >= 0.6 is 0 Å². The summed E-state index contributed by atoms with van der Waals surface area (Å²) in [5, 5.41) is 0. The first kappa shape index (κ1) is 14.5. The Kier molecular flexibility index (Phi) is 3.56. The van der Waals surface area contributed by atoms with E-state index in [1.165, 1.54) is 5.56 Å². The second kappa shape index (κ2) is 5.40. The minimum absolute atomic E-state index is 0.0820. The van der Waals surface area contributed by atoms with Gasteiger partial charge < -0.3 is 0 Å². The van der Waals surface area contributed by atoms with Crippen LogP contribution in [0.1, 0.15) is 42.4 Å². The SMILES string of the molecule is Cc1ccc(Cn2c(C)nc3nc(C(C)C)cc(=O)n32)cc1. The number of aromatic nitrogens is 4. The zero-order valence-corrected chi connectivity index (χ0v) is 13.4. The fourth-order valence-electron chi connectivity index (χ4n) is 2.48. The van der Waals surface area contributed by atoms with Crippen LogP contribution in [0.5, 0.6) is 0 Å². The van der Waals surface area contributed by atoms with Gasteiger partial charge in [-0.1, -0.05) is 43.7 Å². The van der Waals surface area contributed by atoms with Gasteiger partial charge in [-0.3, -0.25) is 9.48 Å². The maximum Gasteiger partial charge on any atom is 0.274 e. The molecule has 5 nitrogen and oxygen atoms in total. The Morgan fingerprint density at radius 2 is 1.77 bits per heavy atom. The molecule has 0 saturated carbocycles. The molecule has 0 bridgehead atoms. The average molecular weight is 296 g/mol. The van der Waals surface area contributed by atoms with E-state index in [4.69, 9.17) is 0 Å². The number of rotatable bonds is 3. The third-order valence-electron chi connectivity index (χ3n) is 3.82. The number of hydrogen-bond acceptors (Lipinski definition) is 3. The van der Waals surface area contributed by atoms with Crippen molar-refractivity contribution in [1.82, 2.24) is 19.2 Å². The van der Waals surface area contributed by atoms with Gasteiger partial charge in [0.2, 0.25) is 0 Å². The molecule has 0 N–H and O–H groups in total. The number of aryl methyl sites for hydroxylation is 2. The van der Waals surface area contributed by atoms with Gasteiger partial charge in [0.15, 0.2) is 0 Å². The van der Waals surface area contributed by atoms with Crippen LogP contribution in [0.15, 0.2) is 35.1 Å². The van der Waals surface area contributed by atoms with Crippen LogP contribution in [0, 0.1) is 13.8 Å². The molecule has 3 aromatic rings. The van der Waals surface area contributed by atoms with Crippen LogP contribution in [-0.4, -0.2) is 19.2 Å². The molecule has 0 aliphatic heterocycles. The van der Waals surface area contributed by atoms with E-state index in [2.05, 4.69) is 41.2 Å². The summed E-state index contributed by atoms with van der Waals surface area (Å²) in [7, 11) is 0. The second-order valence-electron chi connectivity index (χ2n) is 5.99. The summed E-state index contributed by atoms with van der Waals surface area (Å²) in [5.74, 6) is 1.46. The smallest absolute Gasteiger partial charge is 0.267 e. The van der Waals surface area contributed by atoms with E-state index in [-0.39, 0.29) is 11.5 Å². The van der Waals surface area contributed by atoms with Gasteiger partial charge in [0.05, 0.1) is 12.2 Å². The normalized spacial score (nSPS) is 11.5.